The van der Waals surface area contributed by atoms with Crippen molar-refractivity contribution in [2.24, 2.45) is 0 Å². The zero-order valence-electron chi connectivity index (χ0n) is 10.4. The molecule has 1 rings (SSSR count). The maximum absolute atomic E-state index is 13.1. The largest absolute Gasteiger partial charge is 0.440 e. The Bertz CT molecular complexity index is 513. The Morgan fingerprint density at radius 1 is 1.05 bits per heavy atom. The quantitative estimate of drug-likeness (QED) is 0.441. The molecule has 0 saturated heterocycles. The summed E-state index contributed by atoms with van der Waals surface area (Å²) in [7, 11) is 0. The number of hydrogen-bond acceptors (Lipinski definition) is 5. The van der Waals surface area contributed by atoms with Crippen LogP contribution in [0.15, 0.2) is 11.2 Å². The van der Waals surface area contributed by atoms with Gasteiger partial charge in [-0.25, -0.2) is 4.39 Å². The van der Waals surface area contributed by atoms with Crippen molar-refractivity contribution in [1.82, 2.24) is 9.97 Å². The fourth-order valence-electron chi connectivity index (χ4n) is 1.06. The summed E-state index contributed by atoms with van der Waals surface area (Å²) >= 11 is 0.676. The summed E-state index contributed by atoms with van der Waals surface area (Å²) in [6.07, 6.45) is -14.5. The molecule has 0 amide bonds. The van der Waals surface area contributed by atoms with Crippen molar-refractivity contribution in [2.75, 3.05) is 6.26 Å². The van der Waals surface area contributed by atoms with E-state index in [0.29, 0.717) is 11.8 Å². The highest BCUT2D eigenvalue weighted by molar-refractivity contribution is 7.98. The molecule has 0 saturated carbocycles. The Morgan fingerprint density at radius 2 is 1.59 bits per heavy atom. The Balaban J connectivity index is 3.05. The van der Waals surface area contributed by atoms with Crippen LogP contribution in [0.4, 0.5) is 35.1 Å². The van der Waals surface area contributed by atoms with Gasteiger partial charge in [-0.2, -0.15) is 40.7 Å². The zero-order chi connectivity index (χ0) is 17.1. The SMILES string of the molecule is CSc1nc(OC(F)F)cc(OC(F)(F)C(F)C(F)(F)F)n1. The molecule has 22 heavy (non-hydrogen) atoms. The third-order valence-corrected chi connectivity index (χ3v) is 2.42. The topological polar surface area (TPSA) is 44.2 Å². The minimum Gasteiger partial charge on any atom is -0.417 e. The normalized spacial score (nSPS) is 14.1. The zero-order valence-corrected chi connectivity index (χ0v) is 11.2. The molecule has 1 unspecified atom stereocenters. The van der Waals surface area contributed by atoms with Gasteiger partial charge in [0.15, 0.2) is 5.16 Å². The van der Waals surface area contributed by atoms with Gasteiger partial charge in [0.2, 0.25) is 11.8 Å². The summed E-state index contributed by atoms with van der Waals surface area (Å²) in [4.78, 5) is 6.52. The lowest BCUT2D eigenvalue weighted by molar-refractivity contribution is -0.305. The maximum atomic E-state index is 13.1. The molecule has 1 aromatic heterocycles. The van der Waals surface area contributed by atoms with E-state index in [2.05, 4.69) is 19.4 Å². The number of ether oxygens (including phenoxy) is 2. The van der Waals surface area contributed by atoms with E-state index < -0.39 is 42.0 Å². The Hall–Kier alpha value is -1.53. The molecule has 0 radical (unpaired) electrons. The van der Waals surface area contributed by atoms with Gasteiger partial charge >= 0.3 is 18.9 Å². The van der Waals surface area contributed by atoms with Crippen molar-refractivity contribution in [2.45, 2.75) is 30.2 Å². The van der Waals surface area contributed by atoms with Gasteiger partial charge in [0.1, 0.15) is 0 Å². The monoisotopic (exact) mass is 358 g/mol. The van der Waals surface area contributed by atoms with Crippen molar-refractivity contribution in [3.8, 4) is 11.8 Å². The third-order valence-electron chi connectivity index (χ3n) is 1.87. The van der Waals surface area contributed by atoms with E-state index in [1.807, 2.05) is 0 Å². The molecule has 0 aliphatic carbocycles. The van der Waals surface area contributed by atoms with E-state index in [9.17, 15) is 35.1 Å². The van der Waals surface area contributed by atoms with Crippen LogP contribution in [0, 0.1) is 0 Å². The molecule has 4 nitrogen and oxygen atoms in total. The van der Waals surface area contributed by atoms with Crippen LogP contribution in [-0.4, -0.2) is 41.3 Å². The predicted octanol–water partition coefficient (Wildman–Crippen LogP) is 3.67. The third kappa shape index (κ3) is 5.03. The molecule has 0 N–H and O–H groups in total. The first-order valence-corrected chi connectivity index (χ1v) is 6.33. The summed E-state index contributed by atoms with van der Waals surface area (Å²) in [5.74, 6) is -2.19. The lowest BCUT2D eigenvalue weighted by Gasteiger charge is -2.22. The average Bonchev–Trinajstić information content (AvgIpc) is 2.34. The van der Waals surface area contributed by atoms with Crippen molar-refractivity contribution < 1.29 is 44.6 Å². The number of nitrogens with zero attached hydrogens (tertiary/aromatic N) is 2. The molecule has 0 fully saturated rings. The summed E-state index contributed by atoms with van der Waals surface area (Å²) in [6.45, 7) is -3.37. The molecule has 0 spiro atoms. The van der Waals surface area contributed by atoms with Crippen LogP contribution < -0.4 is 9.47 Å². The van der Waals surface area contributed by atoms with Gasteiger partial charge in [-0.15, -0.1) is 0 Å². The van der Waals surface area contributed by atoms with Gasteiger partial charge < -0.3 is 9.47 Å². The molecule has 1 heterocycles. The fraction of sp³-hybridized carbons (Fsp3) is 0.556. The van der Waals surface area contributed by atoms with E-state index in [4.69, 9.17) is 0 Å². The van der Waals surface area contributed by atoms with Gasteiger partial charge in [0.05, 0.1) is 6.07 Å². The number of thioether (sulfide) groups is 1. The first kappa shape index (κ1) is 18.5. The van der Waals surface area contributed by atoms with Crippen LogP contribution in [0.1, 0.15) is 0 Å². The van der Waals surface area contributed by atoms with Crippen LogP contribution >= 0.6 is 11.8 Å². The number of alkyl halides is 8. The van der Waals surface area contributed by atoms with Crippen LogP contribution in [-0.2, 0) is 0 Å². The van der Waals surface area contributed by atoms with Crippen LogP contribution in [0.5, 0.6) is 11.8 Å². The minimum absolute atomic E-state index is 0.281. The highest BCUT2D eigenvalue weighted by atomic mass is 32.2. The molecule has 0 bridgehead atoms. The summed E-state index contributed by atoms with van der Waals surface area (Å²) < 4.78 is 106. The maximum Gasteiger partial charge on any atom is 0.440 e. The van der Waals surface area contributed by atoms with Crippen molar-refractivity contribution in [1.29, 1.82) is 0 Å². The Labute approximate surface area is 121 Å². The molecular weight excluding hydrogens is 352 g/mol. The second kappa shape index (κ2) is 6.71. The molecule has 0 aliphatic heterocycles. The van der Waals surface area contributed by atoms with Crippen molar-refractivity contribution in [3.63, 3.8) is 0 Å². The average molecular weight is 358 g/mol. The van der Waals surface area contributed by atoms with E-state index in [1.165, 1.54) is 6.26 Å². The fourth-order valence-corrected chi connectivity index (χ4v) is 1.42. The lowest BCUT2D eigenvalue weighted by atomic mass is 10.3. The molecule has 1 aromatic rings. The van der Waals surface area contributed by atoms with Crippen molar-refractivity contribution >= 4 is 11.8 Å². The summed E-state index contributed by atoms with van der Waals surface area (Å²) in [5.41, 5.74) is 0. The molecule has 1 atom stereocenters. The Morgan fingerprint density at radius 3 is 2.05 bits per heavy atom. The molecular formula is C9H6F8N2O2S. The van der Waals surface area contributed by atoms with Gasteiger partial charge in [-0.1, -0.05) is 11.8 Å². The molecule has 13 heteroatoms. The first-order chi connectivity index (χ1) is 9.95. The number of aromatic nitrogens is 2. The summed E-state index contributed by atoms with van der Waals surface area (Å²) in [5, 5.41) is -0.411. The van der Waals surface area contributed by atoms with Gasteiger partial charge in [-0.3, -0.25) is 0 Å². The van der Waals surface area contributed by atoms with E-state index in [-0.39, 0.29) is 6.07 Å². The van der Waals surface area contributed by atoms with E-state index in [1.54, 1.807) is 0 Å². The van der Waals surface area contributed by atoms with Crippen LogP contribution in [0.3, 0.4) is 0 Å². The van der Waals surface area contributed by atoms with Crippen molar-refractivity contribution in [3.05, 3.63) is 6.07 Å². The predicted molar refractivity (Wildman–Crippen MR) is 57.0 cm³/mol. The smallest absolute Gasteiger partial charge is 0.417 e. The van der Waals surface area contributed by atoms with Crippen LogP contribution in [0.2, 0.25) is 0 Å². The highest BCUT2D eigenvalue weighted by Gasteiger charge is 2.59. The van der Waals surface area contributed by atoms with E-state index in [0.717, 1.165) is 0 Å². The Kier molecular flexibility index (Phi) is 5.65. The van der Waals surface area contributed by atoms with Gasteiger partial charge in [-0.05, 0) is 6.26 Å². The van der Waals surface area contributed by atoms with Gasteiger partial charge in [0.25, 0.3) is 6.17 Å². The van der Waals surface area contributed by atoms with E-state index >= 15 is 0 Å². The number of hydrogen-bond donors (Lipinski definition) is 0. The lowest BCUT2D eigenvalue weighted by Crippen LogP contribution is -2.45. The van der Waals surface area contributed by atoms with Crippen LogP contribution in [0.25, 0.3) is 0 Å². The second-order valence-electron chi connectivity index (χ2n) is 3.48. The summed E-state index contributed by atoms with van der Waals surface area (Å²) in [6, 6.07) is 0.281. The highest BCUT2D eigenvalue weighted by Crippen LogP contribution is 2.36. The standard InChI is InChI=1S/C9H6F8N2O2S/c1-22-7-18-3(20-6(11)12)2-4(19-7)21-9(16,17)5(10)8(13,14)15/h2,5-6H,1H3. The minimum atomic E-state index is -5.89. The molecule has 126 valence electrons. The first-order valence-electron chi connectivity index (χ1n) is 5.11. The molecule has 0 aliphatic rings. The number of rotatable bonds is 6. The molecule has 0 aromatic carbocycles. The number of halogens is 8. The second-order valence-corrected chi connectivity index (χ2v) is 4.25. The van der Waals surface area contributed by atoms with Gasteiger partial charge in [0, 0.05) is 0 Å².